The van der Waals surface area contributed by atoms with Gasteiger partial charge in [0.1, 0.15) is 18.2 Å². The second-order valence-corrected chi connectivity index (χ2v) is 9.49. The fourth-order valence-electron chi connectivity index (χ4n) is 3.98. The molecule has 2 aromatic rings. The van der Waals surface area contributed by atoms with Gasteiger partial charge in [-0.1, -0.05) is 38.1 Å². The number of aromatic nitrogens is 3. The van der Waals surface area contributed by atoms with Gasteiger partial charge in [0.15, 0.2) is 6.10 Å². The first-order chi connectivity index (χ1) is 14.7. The minimum absolute atomic E-state index is 0.0584. The molecule has 9 heteroatoms. The quantitative estimate of drug-likeness (QED) is 0.781. The van der Waals surface area contributed by atoms with Crippen LogP contribution in [0.1, 0.15) is 38.1 Å². The lowest BCUT2D eigenvalue weighted by Crippen LogP contribution is -2.34. The largest absolute Gasteiger partial charge is 0.441 e. The Kier molecular flexibility index (Phi) is 6.00. The summed E-state index contributed by atoms with van der Waals surface area (Å²) in [5.41, 5.74) is 2.83. The van der Waals surface area contributed by atoms with Crippen molar-refractivity contribution in [1.29, 1.82) is 0 Å². The maximum Gasteiger partial charge on any atom is 0.412 e. The van der Waals surface area contributed by atoms with Gasteiger partial charge in [0.05, 0.1) is 25.1 Å². The summed E-state index contributed by atoms with van der Waals surface area (Å²) >= 11 is 0. The summed E-state index contributed by atoms with van der Waals surface area (Å²) in [6, 6.07) is 7.70. The molecule has 9 nitrogen and oxygen atoms in total. The van der Waals surface area contributed by atoms with Crippen LogP contribution in [0.4, 0.5) is 10.5 Å². The molecule has 0 radical (unpaired) electrons. The van der Waals surface area contributed by atoms with Crippen molar-refractivity contribution in [2.24, 2.45) is 0 Å². The van der Waals surface area contributed by atoms with Crippen LogP contribution in [0.5, 0.6) is 0 Å². The zero-order valence-electron chi connectivity index (χ0n) is 18.7. The number of nitrogens with one attached hydrogen (secondary N) is 1. The third kappa shape index (κ3) is 4.89. The highest BCUT2D eigenvalue weighted by Gasteiger charge is 2.50. The molecule has 2 fully saturated rings. The second kappa shape index (κ2) is 8.57. The lowest BCUT2D eigenvalue weighted by Gasteiger charge is -2.20. The highest BCUT2D eigenvalue weighted by Crippen LogP contribution is 2.35. The summed E-state index contributed by atoms with van der Waals surface area (Å²) < 4.78 is 19.3. The summed E-state index contributed by atoms with van der Waals surface area (Å²) in [6.07, 6.45) is 0.396. The van der Waals surface area contributed by atoms with E-state index in [9.17, 15) is 4.79 Å². The van der Waals surface area contributed by atoms with Crippen molar-refractivity contribution in [2.45, 2.75) is 57.1 Å². The highest BCUT2D eigenvalue weighted by molar-refractivity contribution is 5.84. The smallest absolute Gasteiger partial charge is 0.412 e. The minimum Gasteiger partial charge on any atom is -0.441 e. The van der Waals surface area contributed by atoms with Gasteiger partial charge in [-0.05, 0) is 37.2 Å². The van der Waals surface area contributed by atoms with Crippen LogP contribution in [0.3, 0.4) is 0 Å². The fraction of sp³-hybridized carbons (Fsp3) is 0.591. The summed E-state index contributed by atoms with van der Waals surface area (Å²) in [5, 5.41) is 11.2. The van der Waals surface area contributed by atoms with E-state index in [-0.39, 0.29) is 23.7 Å². The van der Waals surface area contributed by atoms with E-state index in [4.69, 9.17) is 14.2 Å². The molecule has 31 heavy (non-hydrogen) atoms. The van der Waals surface area contributed by atoms with Crippen molar-refractivity contribution in [2.75, 3.05) is 32.6 Å². The van der Waals surface area contributed by atoms with E-state index in [1.54, 1.807) is 4.68 Å². The number of carbonyl (C=O) groups excluding carboxylic acids is 1. The van der Waals surface area contributed by atoms with E-state index >= 15 is 0 Å². The normalized spacial score (nSPS) is 25.6. The molecule has 168 valence electrons. The summed E-state index contributed by atoms with van der Waals surface area (Å²) in [5.74, 6) is 0. The monoisotopic (exact) mass is 429 g/mol. The van der Waals surface area contributed by atoms with Gasteiger partial charge in [-0.2, -0.15) is 0 Å². The molecule has 3 heterocycles. The van der Waals surface area contributed by atoms with Crippen molar-refractivity contribution in [3.63, 3.8) is 0 Å². The number of anilines is 1. The second-order valence-electron chi connectivity index (χ2n) is 9.49. The minimum atomic E-state index is -0.515. The van der Waals surface area contributed by atoms with Crippen LogP contribution in [0.15, 0.2) is 30.5 Å². The number of hydrogen-bond donors (Lipinski definition) is 1. The lowest BCUT2D eigenvalue weighted by atomic mass is 9.87. The van der Waals surface area contributed by atoms with Gasteiger partial charge < -0.3 is 19.1 Å². The molecule has 0 bridgehead atoms. The number of carbonyl (C=O) groups is 1. The number of ether oxygens (including phenoxy) is 3. The Bertz CT molecular complexity index is 905. The van der Waals surface area contributed by atoms with Crippen molar-refractivity contribution in [3.05, 3.63) is 41.7 Å². The van der Waals surface area contributed by atoms with Gasteiger partial charge in [-0.3, -0.25) is 5.32 Å². The average molecular weight is 430 g/mol. The SMILES string of the molecule is CN(C)Cc1cn([C@H]2CO[C@H]3[C@H]2OC[C@@H]3OC(=O)Nc2ccc(C(C)(C)C)cc2)nn1. The molecule has 2 saturated heterocycles. The summed E-state index contributed by atoms with van der Waals surface area (Å²) in [4.78, 5) is 14.5. The molecule has 2 aliphatic heterocycles. The van der Waals surface area contributed by atoms with Crippen LogP contribution >= 0.6 is 0 Å². The van der Waals surface area contributed by atoms with Crippen LogP contribution in [-0.2, 0) is 26.2 Å². The molecular weight excluding hydrogens is 398 g/mol. The molecule has 1 aromatic heterocycles. The predicted molar refractivity (Wildman–Crippen MR) is 115 cm³/mol. The molecule has 0 unspecified atom stereocenters. The first-order valence-corrected chi connectivity index (χ1v) is 10.6. The Morgan fingerprint density at radius 2 is 1.90 bits per heavy atom. The van der Waals surface area contributed by atoms with Gasteiger partial charge >= 0.3 is 6.09 Å². The standard InChI is InChI=1S/C22H31N5O4/c1-22(2,3)14-6-8-15(9-7-14)23-21(28)31-18-13-30-19-17(12-29-20(18)19)27-11-16(24-25-27)10-26(4)5/h6-9,11,17-20H,10,12-13H2,1-5H3,(H,23,28)/t17-,18-,19-,20+/m0/s1. The zero-order valence-corrected chi connectivity index (χ0v) is 18.7. The van der Waals surface area contributed by atoms with E-state index in [2.05, 4.69) is 36.4 Å². The maximum atomic E-state index is 12.4. The molecule has 0 spiro atoms. The molecule has 1 N–H and O–H groups in total. The number of fused-ring (bicyclic) bond motifs is 1. The molecule has 0 saturated carbocycles. The molecule has 1 amide bonds. The van der Waals surface area contributed by atoms with Crippen LogP contribution in [0.2, 0.25) is 0 Å². The van der Waals surface area contributed by atoms with Crippen molar-refractivity contribution in [1.82, 2.24) is 19.9 Å². The van der Waals surface area contributed by atoms with Crippen LogP contribution in [-0.4, -0.2) is 71.6 Å². The number of benzene rings is 1. The highest BCUT2D eigenvalue weighted by atomic mass is 16.6. The Morgan fingerprint density at radius 3 is 2.58 bits per heavy atom. The number of nitrogens with zero attached hydrogens (tertiary/aromatic N) is 4. The van der Waals surface area contributed by atoms with E-state index < -0.39 is 12.2 Å². The molecule has 2 aliphatic rings. The van der Waals surface area contributed by atoms with E-state index in [1.807, 2.05) is 49.5 Å². The van der Waals surface area contributed by atoms with Gasteiger partial charge in [0.25, 0.3) is 0 Å². The van der Waals surface area contributed by atoms with Crippen molar-refractivity contribution < 1.29 is 19.0 Å². The van der Waals surface area contributed by atoms with Crippen molar-refractivity contribution >= 4 is 11.8 Å². The first-order valence-electron chi connectivity index (χ1n) is 10.6. The van der Waals surface area contributed by atoms with Crippen LogP contribution in [0.25, 0.3) is 0 Å². The maximum absolute atomic E-state index is 12.4. The molecule has 1 aromatic carbocycles. The van der Waals surface area contributed by atoms with E-state index in [0.717, 1.165) is 5.69 Å². The summed E-state index contributed by atoms with van der Waals surface area (Å²) in [7, 11) is 3.97. The third-order valence-corrected chi connectivity index (χ3v) is 5.61. The van der Waals surface area contributed by atoms with Crippen molar-refractivity contribution in [3.8, 4) is 0 Å². The topological polar surface area (TPSA) is 90.7 Å². The fourth-order valence-corrected chi connectivity index (χ4v) is 3.98. The summed E-state index contributed by atoms with van der Waals surface area (Å²) in [6.45, 7) is 7.90. The van der Waals surface area contributed by atoms with E-state index in [1.165, 1.54) is 5.56 Å². The number of amides is 1. The number of rotatable bonds is 5. The van der Waals surface area contributed by atoms with Gasteiger partial charge in [-0.15, -0.1) is 5.10 Å². The van der Waals surface area contributed by atoms with Crippen LogP contribution < -0.4 is 5.32 Å². The Hall–Kier alpha value is -2.49. The average Bonchev–Trinajstić information content (AvgIpc) is 3.39. The molecule has 4 rings (SSSR count). The molecular formula is C22H31N5O4. The first kappa shape index (κ1) is 21.7. The third-order valence-electron chi connectivity index (χ3n) is 5.61. The molecule has 0 aliphatic carbocycles. The zero-order chi connectivity index (χ0) is 22.2. The Labute approximate surface area is 182 Å². The van der Waals surface area contributed by atoms with Crippen LogP contribution in [0, 0.1) is 0 Å². The lowest BCUT2D eigenvalue weighted by molar-refractivity contribution is 0.00770. The van der Waals surface area contributed by atoms with Gasteiger partial charge in [0.2, 0.25) is 0 Å². The Balaban J connectivity index is 1.33. The Morgan fingerprint density at radius 1 is 1.19 bits per heavy atom. The van der Waals surface area contributed by atoms with Gasteiger partial charge in [-0.25, -0.2) is 9.48 Å². The van der Waals surface area contributed by atoms with E-state index in [0.29, 0.717) is 25.4 Å². The number of hydrogen-bond acceptors (Lipinski definition) is 7. The van der Waals surface area contributed by atoms with Gasteiger partial charge in [0, 0.05) is 12.2 Å². The molecule has 4 atom stereocenters. The predicted octanol–water partition coefficient (Wildman–Crippen LogP) is 2.59.